The molecule has 4 heteroatoms. The topological polar surface area (TPSA) is 38.3 Å². The van der Waals surface area contributed by atoms with Gasteiger partial charge in [0.25, 0.3) is 0 Å². The maximum Gasteiger partial charge on any atom is 0.0664 e. The highest BCUT2D eigenvalue weighted by Crippen LogP contribution is 2.12. The number of ether oxygens (including phenoxy) is 1. The standard InChI is InChI=1S/C12H19NO2S/c1-4-15-9-10(2)13-11-5-7-12(8-6-11)16(3)14/h5-8,10,13H,4,9H2,1-3H3/t10-,16+/m0/s1. The molecule has 0 saturated heterocycles. The maximum absolute atomic E-state index is 11.2. The van der Waals surface area contributed by atoms with E-state index in [4.69, 9.17) is 4.74 Å². The SMILES string of the molecule is CCOC[C@H](C)Nc1ccc([S@@](C)=O)cc1. The number of rotatable bonds is 6. The molecule has 16 heavy (non-hydrogen) atoms. The van der Waals surface area contributed by atoms with Gasteiger partial charge < -0.3 is 10.1 Å². The molecular formula is C12H19NO2S. The van der Waals surface area contributed by atoms with Gasteiger partial charge in [-0.15, -0.1) is 0 Å². The van der Waals surface area contributed by atoms with Gasteiger partial charge >= 0.3 is 0 Å². The minimum absolute atomic E-state index is 0.276. The van der Waals surface area contributed by atoms with Crippen molar-refractivity contribution in [2.75, 3.05) is 24.8 Å². The van der Waals surface area contributed by atoms with Gasteiger partial charge in [0.05, 0.1) is 6.61 Å². The summed E-state index contributed by atoms with van der Waals surface area (Å²) in [5.74, 6) is 0. The van der Waals surface area contributed by atoms with E-state index in [0.29, 0.717) is 6.61 Å². The van der Waals surface area contributed by atoms with Crippen LogP contribution in [0.1, 0.15) is 13.8 Å². The van der Waals surface area contributed by atoms with Crippen molar-refractivity contribution in [3.8, 4) is 0 Å². The van der Waals surface area contributed by atoms with Gasteiger partial charge in [-0.05, 0) is 38.1 Å². The third-order valence-corrected chi connectivity index (χ3v) is 3.11. The van der Waals surface area contributed by atoms with Crippen LogP contribution in [0.2, 0.25) is 0 Å². The van der Waals surface area contributed by atoms with Gasteiger partial charge in [0.15, 0.2) is 0 Å². The highest BCUT2D eigenvalue weighted by molar-refractivity contribution is 7.84. The number of hydrogen-bond donors (Lipinski definition) is 1. The molecule has 1 aromatic carbocycles. The summed E-state index contributed by atoms with van der Waals surface area (Å²) >= 11 is 0. The van der Waals surface area contributed by atoms with Crippen molar-refractivity contribution in [1.82, 2.24) is 0 Å². The second-order valence-electron chi connectivity index (χ2n) is 3.68. The first-order chi connectivity index (χ1) is 7.63. The molecule has 1 N–H and O–H groups in total. The van der Waals surface area contributed by atoms with Crippen molar-refractivity contribution in [2.45, 2.75) is 24.8 Å². The molecule has 90 valence electrons. The van der Waals surface area contributed by atoms with Crippen LogP contribution in [0.25, 0.3) is 0 Å². The summed E-state index contributed by atoms with van der Waals surface area (Å²) in [6.07, 6.45) is 1.68. The van der Waals surface area contributed by atoms with Crippen molar-refractivity contribution in [1.29, 1.82) is 0 Å². The average molecular weight is 241 g/mol. The highest BCUT2D eigenvalue weighted by Gasteiger charge is 2.02. The zero-order valence-electron chi connectivity index (χ0n) is 10.0. The number of nitrogens with one attached hydrogen (secondary N) is 1. The van der Waals surface area contributed by atoms with Gasteiger partial charge in [-0.25, -0.2) is 0 Å². The molecule has 0 spiro atoms. The zero-order valence-corrected chi connectivity index (χ0v) is 10.8. The smallest absolute Gasteiger partial charge is 0.0664 e. The molecule has 0 bridgehead atoms. The number of anilines is 1. The van der Waals surface area contributed by atoms with Crippen molar-refractivity contribution in [3.63, 3.8) is 0 Å². The quantitative estimate of drug-likeness (QED) is 0.830. The van der Waals surface area contributed by atoms with Gasteiger partial charge in [-0.3, -0.25) is 4.21 Å². The van der Waals surface area contributed by atoms with E-state index in [-0.39, 0.29) is 6.04 Å². The van der Waals surface area contributed by atoms with Crippen LogP contribution in [0.5, 0.6) is 0 Å². The molecule has 2 atom stereocenters. The molecule has 0 unspecified atom stereocenters. The van der Waals surface area contributed by atoms with E-state index in [1.807, 2.05) is 31.2 Å². The average Bonchev–Trinajstić information content (AvgIpc) is 2.27. The number of hydrogen-bond acceptors (Lipinski definition) is 3. The third kappa shape index (κ3) is 4.33. The summed E-state index contributed by atoms with van der Waals surface area (Å²) in [5.41, 5.74) is 1.03. The van der Waals surface area contributed by atoms with Crippen molar-refractivity contribution in [2.24, 2.45) is 0 Å². The lowest BCUT2D eigenvalue weighted by Gasteiger charge is -2.15. The fourth-order valence-corrected chi connectivity index (χ4v) is 1.88. The van der Waals surface area contributed by atoms with Gasteiger partial charge in [0, 0.05) is 40.3 Å². The van der Waals surface area contributed by atoms with Gasteiger partial charge in [0.1, 0.15) is 0 Å². The lowest BCUT2D eigenvalue weighted by Crippen LogP contribution is -2.21. The first-order valence-electron chi connectivity index (χ1n) is 5.41. The van der Waals surface area contributed by atoms with Crippen molar-refractivity contribution in [3.05, 3.63) is 24.3 Å². The maximum atomic E-state index is 11.2. The molecule has 0 saturated carbocycles. The lowest BCUT2D eigenvalue weighted by atomic mass is 10.3. The second kappa shape index (κ2) is 6.66. The minimum Gasteiger partial charge on any atom is -0.380 e. The van der Waals surface area contributed by atoms with Crippen LogP contribution in [-0.4, -0.2) is 29.7 Å². The molecule has 0 radical (unpaired) electrons. The third-order valence-electron chi connectivity index (χ3n) is 2.17. The van der Waals surface area contributed by atoms with Crippen LogP contribution in [0.4, 0.5) is 5.69 Å². The minimum atomic E-state index is -0.907. The van der Waals surface area contributed by atoms with E-state index in [2.05, 4.69) is 12.2 Å². The van der Waals surface area contributed by atoms with E-state index in [0.717, 1.165) is 17.2 Å². The van der Waals surface area contributed by atoms with Gasteiger partial charge in [-0.1, -0.05) is 0 Å². The Bertz CT molecular complexity index is 337. The fraction of sp³-hybridized carbons (Fsp3) is 0.500. The van der Waals surface area contributed by atoms with Crippen LogP contribution >= 0.6 is 0 Å². The lowest BCUT2D eigenvalue weighted by molar-refractivity contribution is 0.141. The number of benzene rings is 1. The molecule has 1 rings (SSSR count). The molecule has 0 amide bonds. The Morgan fingerprint density at radius 3 is 2.50 bits per heavy atom. The van der Waals surface area contributed by atoms with Crippen molar-refractivity contribution >= 4 is 16.5 Å². The summed E-state index contributed by atoms with van der Waals surface area (Å²) in [5, 5.41) is 3.32. The van der Waals surface area contributed by atoms with E-state index in [1.54, 1.807) is 6.26 Å². The first kappa shape index (κ1) is 13.2. The Balaban J connectivity index is 2.51. The summed E-state index contributed by atoms with van der Waals surface area (Å²) in [6.45, 7) is 5.48. The molecule has 0 heterocycles. The molecule has 1 aromatic rings. The highest BCUT2D eigenvalue weighted by atomic mass is 32.2. The summed E-state index contributed by atoms with van der Waals surface area (Å²) in [6, 6.07) is 7.92. The zero-order chi connectivity index (χ0) is 12.0. The molecule has 0 aromatic heterocycles. The summed E-state index contributed by atoms with van der Waals surface area (Å²) < 4.78 is 16.5. The Morgan fingerprint density at radius 2 is 2.00 bits per heavy atom. The van der Waals surface area contributed by atoms with Crippen LogP contribution < -0.4 is 5.32 Å². The van der Waals surface area contributed by atoms with Crippen LogP contribution in [0.3, 0.4) is 0 Å². The van der Waals surface area contributed by atoms with Crippen LogP contribution in [0, 0.1) is 0 Å². The molecule has 0 aliphatic carbocycles. The molecule has 0 aliphatic heterocycles. The van der Waals surface area contributed by atoms with E-state index in [1.165, 1.54) is 0 Å². The summed E-state index contributed by atoms with van der Waals surface area (Å²) in [4.78, 5) is 0.850. The van der Waals surface area contributed by atoms with E-state index < -0.39 is 10.8 Å². The van der Waals surface area contributed by atoms with E-state index in [9.17, 15) is 4.21 Å². The Kier molecular flexibility index (Phi) is 5.49. The first-order valence-corrected chi connectivity index (χ1v) is 6.97. The van der Waals surface area contributed by atoms with Gasteiger partial charge in [0.2, 0.25) is 0 Å². The predicted molar refractivity (Wildman–Crippen MR) is 68.4 cm³/mol. The molecule has 0 fully saturated rings. The van der Waals surface area contributed by atoms with Crippen LogP contribution in [-0.2, 0) is 15.5 Å². The molecule has 0 aliphatic rings. The largest absolute Gasteiger partial charge is 0.380 e. The van der Waals surface area contributed by atoms with Crippen LogP contribution in [0.15, 0.2) is 29.2 Å². The second-order valence-corrected chi connectivity index (χ2v) is 5.06. The van der Waals surface area contributed by atoms with Gasteiger partial charge in [-0.2, -0.15) is 0 Å². The van der Waals surface area contributed by atoms with Crippen molar-refractivity contribution < 1.29 is 8.95 Å². The predicted octanol–water partition coefficient (Wildman–Crippen LogP) is 2.26. The Labute approximate surface area is 99.7 Å². The monoisotopic (exact) mass is 241 g/mol. The summed E-state index contributed by atoms with van der Waals surface area (Å²) in [7, 11) is -0.907. The fourth-order valence-electron chi connectivity index (χ4n) is 1.36. The Hall–Kier alpha value is -0.870. The van der Waals surface area contributed by atoms with E-state index >= 15 is 0 Å². The molecular weight excluding hydrogens is 222 g/mol. The Morgan fingerprint density at radius 1 is 1.38 bits per heavy atom. The molecule has 3 nitrogen and oxygen atoms in total. The normalized spacial score (nSPS) is 14.4.